The topological polar surface area (TPSA) is 63.2 Å². The van der Waals surface area contributed by atoms with Crippen molar-refractivity contribution in [2.75, 3.05) is 6.54 Å². The minimum Gasteiger partial charge on any atom is -0.487 e. The Balaban J connectivity index is 1.58. The molecule has 2 N–H and O–H groups in total. The summed E-state index contributed by atoms with van der Waals surface area (Å²) < 4.78 is 5.99. The largest absolute Gasteiger partial charge is 0.487 e. The fourth-order valence-corrected chi connectivity index (χ4v) is 2.99. The normalized spacial score (nSPS) is 18.2. The van der Waals surface area contributed by atoms with Crippen LogP contribution in [0.15, 0.2) is 48.7 Å². The molecule has 0 saturated heterocycles. The summed E-state index contributed by atoms with van der Waals surface area (Å²) in [6.07, 6.45) is 3.21. The summed E-state index contributed by atoms with van der Waals surface area (Å²) in [5.74, 6) is 0.840. The first-order chi connectivity index (χ1) is 11.5. The Hall–Kier alpha value is -2.56. The Bertz CT molecular complexity index is 701. The molecule has 126 valence electrons. The van der Waals surface area contributed by atoms with Crippen molar-refractivity contribution in [2.24, 2.45) is 0 Å². The molecular weight excluding hydrogens is 302 g/mol. The van der Waals surface area contributed by atoms with Crippen LogP contribution in [0.25, 0.3) is 0 Å². The summed E-state index contributed by atoms with van der Waals surface area (Å²) in [5.41, 5.74) is 1.69. The van der Waals surface area contributed by atoms with Crippen LogP contribution in [0.2, 0.25) is 0 Å². The van der Waals surface area contributed by atoms with E-state index in [9.17, 15) is 4.79 Å². The van der Waals surface area contributed by atoms with Crippen LogP contribution < -0.4 is 15.4 Å². The third-order valence-electron chi connectivity index (χ3n) is 4.07. The lowest BCUT2D eigenvalue weighted by atomic mass is 9.90. The Morgan fingerprint density at radius 1 is 1.25 bits per heavy atom. The van der Waals surface area contributed by atoms with Gasteiger partial charge in [0, 0.05) is 36.8 Å². The molecule has 1 aliphatic heterocycles. The number of aromatic nitrogens is 1. The molecule has 0 unspecified atom stereocenters. The molecule has 3 rings (SSSR count). The van der Waals surface area contributed by atoms with Gasteiger partial charge in [0.15, 0.2) is 0 Å². The molecule has 2 heterocycles. The van der Waals surface area contributed by atoms with Crippen molar-refractivity contribution in [1.29, 1.82) is 0 Å². The average Bonchev–Trinajstić information content (AvgIpc) is 2.55. The van der Waals surface area contributed by atoms with Gasteiger partial charge in [-0.2, -0.15) is 0 Å². The van der Waals surface area contributed by atoms with Gasteiger partial charge in [0.2, 0.25) is 0 Å². The number of fused-ring (bicyclic) bond motifs is 1. The van der Waals surface area contributed by atoms with Crippen LogP contribution in [0.1, 0.15) is 37.6 Å². The Morgan fingerprint density at radius 3 is 2.83 bits per heavy atom. The SMILES string of the molecule is CC1(C)C[C@H](NC(=O)NCCc2ccccn2)c2ccccc2O1. The van der Waals surface area contributed by atoms with E-state index in [1.807, 2.05) is 56.3 Å². The van der Waals surface area contributed by atoms with Gasteiger partial charge in [0.05, 0.1) is 6.04 Å². The molecule has 0 bridgehead atoms. The van der Waals surface area contributed by atoms with E-state index in [2.05, 4.69) is 15.6 Å². The first kappa shape index (κ1) is 16.3. The van der Waals surface area contributed by atoms with Crippen molar-refractivity contribution < 1.29 is 9.53 Å². The summed E-state index contributed by atoms with van der Waals surface area (Å²) in [6, 6.07) is 13.4. The predicted molar refractivity (Wildman–Crippen MR) is 93.0 cm³/mol. The Labute approximate surface area is 142 Å². The highest BCUT2D eigenvalue weighted by Crippen LogP contribution is 2.39. The zero-order valence-electron chi connectivity index (χ0n) is 14.1. The highest BCUT2D eigenvalue weighted by molar-refractivity contribution is 5.74. The number of rotatable bonds is 4. The number of nitrogens with one attached hydrogen (secondary N) is 2. The molecule has 2 amide bonds. The van der Waals surface area contributed by atoms with Crippen molar-refractivity contribution >= 4 is 6.03 Å². The Kier molecular flexibility index (Phi) is 4.69. The van der Waals surface area contributed by atoms with Gasteiger partial charge < -0.3 is 15.4 Å². The number of nitrogens with zero attached hydrogens (tertiary/aromatic N) is 1. The average molecular weight is 325 g/mol. The van der Waals surface area contributed by atoms with Crippen molar-refractivity contribution in [2.45, 2.75) is 38.3 Å². The molecule has 1 atom stereocenters. The number of carbonyl (C=O) groups excluding carboxylic acids is 1. The zero-order chi connectivity index (χ0) is 17.0. The van der Waals surface area contributed by atoms with E-state index in [4.69, 9.17) is 4.74 Å². The lowest BCUT2D eigenvalue weighted by Gasteiger charge is -2.37. The monoisotopic (exact) mass is 325 g/mol. The summed E-state index contributed by atoms with van der Waals surface area (Å²) in [6.45, 7) is 4.63. The third-order valence-corrected chi connectivity index (χ3v) is 4.07. The van der Waals surface area contributed by atoms with E-state index >= 15 is 0 Å². The molecule has 0 aliphatic carbocycles. The first-order valence-electron chi connectivity index (χ1n) is 8.26. The van der Waals surface area contributed by atoms with Gasteiger partial charge in [-0.3, -0.25) is 4.98 Å². The number of hydrogen-bond donors (Lipinski definition) is 2. The van der Waals surface area contributed by atoms with Crippen LogP contribution >= 0.6 is 0 Å². The standard InChI is InChI=1S/C19H23N3O2/c1-19(2)13-16(15-8-3-4-9-17(15)24-19)22-18(23)21-12-10-14-7-5-6-11-20-14/h3-9,11,16H,10,12-13H2,1-2H3,(H2,21,22,23)/t16-/m0/s1. The lowest BCUT2D eigenvalue weighted by Crippen LogP contribution is -2.44. The maximum absolute atomic E-state index is 12.2. The van der Waals surface area contributed by atoms with Crippen LogP contribution in [-0.4, -0.2) is 23.2 Å². The number of ether oxygens (including phenoxy) is 1. The van der Waals surface area contributed by atoms with Crippen LogP contribution in [0, 0.1) is 0 Å². The zero-order valence-corrected chi connectivity index (χ0v) is 14.1. The second-order valence-electron chi connectivity index (χ2n) is 6.63. The maximum Gasteiger partial charge on any atom is 0.315 e. The summed E-state index contributed by atoms with van der Waals surface area (Å²) >= 11 is 0. The van der Waals surface area contributed by atoms with Crippen molar-refractivity contribution in [3.63, 3.8) is 0 Å². The van der Waals surface area contributed by atoms with Crippen LogP contribution in [0.3, 0.4) is 0 Å². The van der Waals surface area contributed by atoms with Crippen LogP contribution in [0.5, 0.6) is 5.75 Å². The van der Waals surface area contributed by atoms with Gasteiger partial charge in [-0.05, 0) is 32.0 Å². The summed E-state index contributed by atoms with van der Waals surface area (Å²) in [4.78, 5) is 16.5. The number of urea groups is 1. The molecule has 1 aromatic carbocycles. The van der Waals surface area contributed by atoms with Gasteiger partial charge in [-0.1, -0.05) is 24.3 Å². The first-order valence-corrected chi connectivity index (χ1v) is 8.26. The molecule has 1 aliphatic rings. The highest BCUT2D eigenvalue weighted by atomic mass is 16.5. The summed E-state index contributed by atoms with van der Waals surface area (Å²) in [7, 11) is 0. The van der Waals surface area contributed by atoms with Gasteiger partial charge >= 0.3 is 6.03 Å². The minimum absolute atomic E-state index is 0.0557. The maximum atomic E-state index is 12.2. The number of carbonyl (C=O) groups is 1. The van der Waals surface area contributed by atoms with Crippen molar-refractivity contribution in [1.82, 2.24) is 15.6 Å². The Morgan fingerprint density at radius 2 is 2.04 bits per heavy atom. The number of hydrogen-bond acceptors (Lipinski definition) is 3. The number of para-hydroxylation sites is 1. The molecule has 2 aromatic rings. The second kappa shape index (κ2) is 6.91. The fraction of sp³-hybridized carbons (Fsp3) is 0.368. The van der Waals surface area contributed by atoms with E-state index in [0.29, 0.717) is 13.0 Å². The molecule has 5 heteroatoms. The van der Waals surface area contributed by atoms with Gasteiger partial charge in [-0.25, -0.2) is 4.79 Å². The number of benzene rings is 1. The predicted octanol–water partition coefficient (Wildman–Crippen LogP) is 3.23. The van der Waals surface area contributed by atoms with E-state index < -0.39 is 0 Å². The minimum atomic E-state index is -0.305. The van der Waals surface area contributed by atoms with E-state index in [1.165, 1.54) is 0 Å². The molecule has 0 saturated carbocycles. The van der Waals surface area contributed by atoms with Crippen molar-refractivity contribution in [3.8, 4) is 5.75 Å². The molecule has 0 spiro atoms. The van der Waals surface area contributed by atoms with Crippen molar-refractivity contribution in [3.05, 3.63) is 59.9 Å². The van der Waals surface area contributed by atoms with Gasteiger partial charge in [0.1, 0.15) is 11.4 Å². The molecule has 0 fully saturated rings. The van der Waals surface area contributed by atoms with E-state index in [-0.39, 0.29) is 17.7 Å². The molecule has 24 heavy (non-hydrogen) atoms. The van der Waals surface area contributed by atoms with E-state index in [1.54, 1.807) is 6.20 Å². The van der Waals surface area contributed by atoms with E-state index in [0.717, 1.165) is 23.4 Å². The van der Waals surface area contributed by atoms with Crippen LogP contribution in [0.4, 0.5) is 4.79 Å². The molecule has 1 aromatic heterocycles. The molecule has 5 nitrogen and oxygen atoms in total. The molecular formula is C19H23N3O2. The third kappa shape index (κ3) is 4.04. The summed E-state index contributed by atoms with van der Waals surface area (Å²) in [5, 5.41) is 5.97. The highest BCUT2D eigenvalue weighted by Gasteiger charge is 2.34. The lowest BCUT2D eigenvalue weighted by molar-refractivity contribution is 0.0679. The quantitative estimate of drug-likeness (QED) is 0.907. The van der Waals surface area contributed by atoms with Gasteiger partial charge in [-0.15, -0.1) is 0 Å². The van der Waals surface area contributed by atoms with Gasteiger partial charge in [0.25, 0.3) is 0 Å². The number of amides is 2. The molecule has 0 radical (unpaired) electrons. The smallest absolute Gasteiger partial charge is 0.315 e. The fourth-order valence-electron chi connectivity index (χ4n) is 2.99. The second-order valence-corrected chi connectivity index (χ2v) is 6.63. The number of pyridine rings is 1. The van der Waals surface area contributed by atoms with Crippen LogP contribution in [-0.2, 0) is 6.42 Å².